The molecular weight excluding hydrogens is 381 g/mol. The molecule has 0 aromatic heterocycles. The van der Waals surface area contributed by atoms with Crippen LogP contribution in [0.25, 0.3) is 0 Å². The van der Waals surface area contributed by atoms with E-state index < -0.39 is 11.5 Å². The monoisotopic (exact) mass is 407 g/mol. The highest BCUT2D eigenvalue weighted by Gasteiger charge is 2.43. The number of thiocarbonyl (C=S) groups is 1. The SMILES string of the molecule is [B]CCCCC(N)(C(=O)O)C1CCN(C(=S)Nc2ccc(C)c(Cl)c2)CC1. The number of rotatable bonds is 7. The number of hydrogen-bond acceptors (Lipinski definition) is 3. The maximum atomic E-state index is 11.8. The number of aliphatic carboxylic acids is 1. The van der Waals surface area contributed by atoms with Crippen LogP contribution in [-0.2, 0) is 4.79 Å². The second-order valence-electron chi connectivity index (χ2n) is 7.25. The molecule has 1 aliphatic heterocycles. The van der Waals surface area contributed by atoms with Gasteiger partial charge in [-0.1, -0.05) is 36.8 Å². The molecule has 1 aliphatic rings. The fourth-order valence-electron chi connectivity index (χ4n) is 3.52. The largest absolute Gasteiger partial charge is 0.480 e. The van der Waals surface area contributed by atoms with Crippen LogP contribution in [0.5, 0.6) is 0 Å². The molecule has 2 rings (SSSR count). The molecule has 0 amide bonds. The van der Waals surface area contributed by atoms with Crippen molar-refractivity contribution in [3.63, 3.8) is 0 Å². The summed E-state index contributed by atoms with van der Waals surface area (Å²) in [5.74, 6) is -0.992. The Balaban J connectivity index is 1.93. The first-order valence-corrected chi connectivity index (χ1v) is 10.1. The summed E-state index contributed by atoms with van der Waals surface area (Å²) in [5.41, 5.74) is 6.97. The summed E-state index contributed by atoms with van der Waals surface area (Å²) in [5, 5.41) is 14.2. The van der Waals surface area contributed by atoms with Crippen molar-refractivity contribution in [2.75, 3.05) is 18.4 Å². The molecule has 8 heteroatoms. The molecule has 1 atom stereocenters. The highest BCUT2D eigenvalue weighted by atomic mass is 35.5. The van der Waals surface area contributed by atoms with Gasteiger partial charge in [0.25, 0.3) is 0 Å². The third kappa shape index (κ3) is 5.59. The minimum Gasteiger partial charge on any atom is -0.480 e. The lowest BCUT2D eigenvalue weighted by Gasteiger charge is -2.40. The molecule has 0 saturated carbocycles. The minimum absolute atomic E-state index is 0.0688. The number of benzene rings is 1. The fourth-order valence-corrected chi connectivity index (χ4v) is 4.00. The molecule has 0 spiro atoms. The van der Waals surface area contributed by atoms with Crippen molar-refractivity contribution >= 4 is 48.4 Å². The number of hydrogen-bond donors (Lipinski definition) is 3. The van der Waals surface area contributed by atoms with Gasteiger partial charge in [-0.25, -0.2) is 0 Å². The van der Waals surface area contributed by atoms with Crippen LogP contribution in [0.15, 0.2) is 18.2 Å². The smallest absolute Gasteiger partial charge is 0.323 e. The number of aryl methyl sites for hydroxylation is 1. The molecule has 1 saturated heterocycles. The lowest BCUT2D eigenvalue weighted by Crippen LogP contribution is -2.57. The Bertz CT molecular complexity index is 683. The normalized spacial score (nSPS) is 17.4. The van der Waals surface area contributed by atoms with E-state index in [0.717, 1.165) is 24.1 Å². The third-order valence-electron chi connectivity index (χ3n) is 5.38. The molecule has 0 bridgehead atoms. The zero-order chi connectivity index (χ0) is 20.0. The van der Waals surface area contributed by atoms with Gasteiger partial charge < -0.3 is 21.1 Å². The molecule has 1 fully saturated rings. The highest BCUT2D eigenvalue weighted by Crippen LogP contribution is 2.31. The van der Waals surface area contributed by atoms with Gasteiger partial charge in [0.1, 0.15) is 5.54 Å². The van der Waals surface area contributed by atoms with Crippen LogP contribution < -0.4 is 11.1 Å². The van der Waals surface area contributed by atoms with Gasteiger partial charge >= 0.3 is 5.97 Å². The van der Waals surface area contributed by atoms with Gasteiger partial charge in [-0.05, 0) is 62.0 Å². The predicted molar refractivity (Wildman–Crippen MR) is 116 cm³/mol. The van der Waals surface area contributed by atoms with Gasteiger partial charge in [0.2, 0.25) is 0 Å². The molecule has 0 aliphatic carbocycles. The van der Waals surface area contributed by atoms with E-state index in [1.54, 1.807) is 0 Å². The van der Waals surface area contributed by atoms with Crippen molar-refractivity contribution in [2.45, 2.75) is 50.9 Å². The number of carbonyl (C=O) groups is 1. The van der Waals surface area contributed by atoms with Gasteiger partial charge in [0.15, 0.2) is 5.11 Å². The zero-order valence-corrected chi connectivity index (χ0v) is 17.3. The van der Waals surface area contributed by atoms with Crippen molar-refractivity contribution in [1.29, 1.82) is 0 Å². The Morgan fingerprint density at radius 3 is 2.67 bits per heavy atom. The number of unbranched alkanes of at least 4 members (excludes halogenated alkanes) is 1. The number of carboxylic acid groups (broad SMARTS) is 1. The minimum atomic E-state index is -1.19. The van der Waals surface area contributed by atoms with Crippen LogP contribution in [0, 0.1) is 12.8 Å². The zero-order valence-electron chi connectivity index (χ0n) is 15.7. The third-order valence-corrected chi connectivity index (χ3v) is 6.14. The van der Waals surface area contributed by atoms with E-state index in [1.165, 1.54) is 0 Å². The van der Waals surface area contributed by atoms with Crippen LogP contribution in [-0.4, -0.2) is 47.6 Å². The summed E-state index contributed by atoms with van der Waals surface area (Å²) in [6.07, 6.45) is 3.92. The average molecular weight is 408 g/mol. The summed E-state index contributed by atoms with van der Waals surface area (Å²) in [7, 11) is 5.52. The van der Waals surface area contributed by atoms with E-state index in [9.17, 15) is 9.90 Å². The van der Waals surface area contributed by atoms with Crippen molar-refractivity contribution < 1.29 is 9.90 Å². The lowest BCUT2D eigenvalue weighted by molar-refractivity contribution is -0.146. The molecular formula is C19H27BClN3O2S. The summed E-state index contributed by atoms with van der Waals surface area (Å²) in [4.78, 5) is 13.9. The molecule has 146 valence electrons. The van der Waals surface area contributed by atoms with Crippen LogP contribution in [0.2, 0.25) is 11.3 Å². The topological polar surface area (TPSA) is 78.6 Å². The number of carboxylic acids is 1. The number of anilines is 1. The second kappa shape index (κ2) is 9.76. The predicted octanol–water partition coefficient (Wildman–Crippen LogP) is 3.60. The molecule has 2 radical (unpaired) electrons. The van der Waals surface area contributed by atoms with E-state index in [-0.39, 0.29) is 5.92 Å². The van der Waals surface area contributed by atoms with Gasteiger partial charge in [-0.3, -0.25) is 4.79 Å². The van der Waals surface area contributed by atoms with E-state index in [1.807, 2.05) is 25.1 Å². The first-order valence-electron chi connectivity index (χ1n) is 9.32. The molecule has 1 unspecified atom stereocenters. The summed E-state index contributed by atoms with van der Waals surface area (Å²) in [6.45, 7) is 3.31. The summed E-state index contributed by atoms with van der Waals surface area (Å²) in [6, 6.07) is 5.73. The second-order valence-corrected chi connectivity index (χ2v) is 8.04. The van der Waals surface area contributed by atoms with Gasteiger partial charge in [0, 0.05) is 23.8 Å². The molecule has 27 heavy (non-hydrogen) atoms. The average Bonchev–Trinajstić information content (AvgIpc) is 2.64. The number of nitrogens with zero attached hydrogens (tertiary/aromatic N) is 1. The summed E-state index contributed by atoms with van der Waals surface area (Å²) < 4.78 is 0. The lowest BCUT2D eigenvalue weighted by atomic mass is 9.75. The molecule has 1 aromatic carbocycles. The number of likely N-dealkylation sites (tertiary alicyclic amines) is 1. The van der Waals surface area contributed by atoms with Crippen molar-refractivity contribution in [2.24, 2.45) is 11.7 Å². The fraction of sp³-hybridized carbons (Fsp3) is 0.579. The molecule has 4 N–H and O–H groups in total. The quantitative estimate of drug-likeness (QED) is 0.364. The van der Waals surface area contributed by atoms with E-state index in [2.05, 4.69) is 10.2 Å². The van der Waals surface area contributed by atoms with E-state index in [4.69, 9.17) is 37.4 Å². The standard InChI is InChI=1S/C19H27BClN3O2S/c1-13-4-5-15(12-16(13)21)23-18(27)24-10-6-14(7-11-24)19(22,17(25)26)8-2-3-9-20/h4-5,12,14H,2-3,6-11,22H2,1H3,(H,23,27)(H,25,26). The Labute approximate surface area is 173 Å². The number of piperidine rings is 1. The first-order chi connectivity index (χ1) is 12.8. The number of halogens is 1. The first kappa shape index (κ1) is 22.0. The van der Waals surface area contributed by atoms with E-state index >= 15 is 0 Å². The Hall–Kier alpha value is -1.31. The van der Waals surface area contributed by atoms with Crippen molar-refractivity contribution in [3.8, 4) is 0 Å². The van der Waals surface area contributed by atoms with Crippen LogP contribution in [0.3, 0.4) is 0 Å². The number of nitrogens with one attached hydrogen (secondary N) is 1. The Morgan fingerprint density at radius 2 is 2.11 bits per heavy atom. The van der Waals surface area contributed by atoms with Crippen molar-refractivity contribution in [3.05, 3.63) is 28.8 Å². The Morgan fingerprint density at radius 1 is 1.44 bits per heavy atom. The van der Waals surface area contributed by atoms with Gasteiger partial charge in [-0.2, -0.15) is 0 Å². The molecule has 5 nitrogen and oxygen atoms in total. The van der Waals surface area contributed by atoms with E-state index in [0.29, 0.717) is 48.8 Å². The van der Waals surface area contributed by atoms with Crippen molar-refractivity contribution in [1.82, 2.24) is 4.90 Å². The molecule has 1 heterocycles. The Kier molecular flexibility index (Phi) is 7.95. The van der Waals surface area contributed by atoms with Gasteiger partial charge in [-0.15, -0.1) is 0 Å². The molecule has 1 aromatic rings. The maximum absolute atomic E-state index is 11.8. The maximum Gasteiger partial charge on any atom is 0.323 e. The number of nitrogens with two attached hydrogens (primary N) is 1. The van der Waals surface area contributed by atoms with Crippen LogP contribution in [0.4, 0.5) is 5.69 Å². The van der Waals surface area contributed by atoms with Crippen LogP contribution in [0.1, 0.15) is 37.7 Å². The summed E-state index contributed by atoms with van der Waals surface area (Å²) >= 11 is 11.7. The highest BCUT2D eigenvalue weighted by molar-refractivity contribution is 7.80. The van der Waals surface area contributed by atoms with Crippen LogP contribution >= 0.6 is 23.8 Å². The van der Waals surface area contributed by atoms with Gasteiger partial charge in [0.05, 0.1) is 7.85 Å².